The van der Waals surface area contributed by atoms with Crippen LogP contribution in [0.3, 0.4) is 0 Å². The Labute approximate surface area is 164 Å². The molecule has 2 aliphatic rings. The molecule has 1 saturated heterocycles. The Morgan fingerprint density at radius 1 is 1.18 bits per heavy atom. The third kappa shape index (κ3) is 2.73. The van der Waals surface area contributed by atoms with Crippen LogP contribution in [-0.2, 0) is 21.5 Å². The number of carbonyl (C=O) groups excluding carboxylic acids is 2. The summed E-state index contributed by atoms with van der Waals surface area (Å²) in [5.41, 5.74) is 0.755. The molecule has 2 aromatic rings. The van der Waals surface area contributed by atoms with Crippen LogP contribution in [0.25, 0.3) is 4.85 Å². The number of amides is 1. The van der Waals surface area contributed by atoms with E-state index in [2.05, 4.69) is 9.83 Å². The second kappa shape index (κ2) is 7.05. The standard InChI is InChI=1S/C23H21N3O2/c1-16-19-11-13-26(15-18-10-6-7-12-25-18)22(28)23(19,14-20(24-2)21(16)27)17-8-4-3-5-9-17/h3-10,12,14,16,19H,11,13,15H2,1H3/t16-,19-,23+/m0/s1. The van der Waals surface area contributed by atoms with Gasteiger partial charge >= 0.3 is 0 Å². The molecule has 1 aromatic heterocycles. The van der Waals surface area contributed by atoms with Gasteiger partial charge in [0.25, 0.3) is 0 Å². The van der Waals surface area contributed by atoms with Crippen LogP contribution >= 0.6 is 0 Å². The average Bonchev–Trinajstić information content (AvgIpc) is 2.74. The number of Topliss-reactive ketones (excluding diaryl/α,β-unsaturated/α-hetero) is 1. The van der Waals surface area contributed by atoms with Gasteiger partial charge in [0.1, 0.15) is 0 Å². The number of allylic oxidation sites excluding steroid dienone is 1. The number of ketones is 1. The first-order valence-electron chi connectivity index (χ1n) is 9.47. The molecule has 3 atom stereocenters. The molecule has 1 aliphatic heterocycles. The highest BCUT2D eigenvalue weighted by molar-refractivity contribution is 6.04. The molecule has 0 spiro atoms. The molecule has 0 bridgehead atoms. The summed E-state index contributed by atoms with van der Waals surface area (Å²) in [6, 6.07) is 15.2. The maximum atomic E-state index is 13.8. The van der Waals surface area contributed by atoms with Crippen molar-refractivity contribution in [3.8, 4) is 0 Å². The smallest absolute Gasteiger partial charge is 0.236 e. The molecule has 5 heteroatoms. The van der Waals surface area contributed by atoms with Crippen LogP contribution in [0.1, 0.15) is 24.6 Å². The van der Waals surface area contributed by atoms with Gasteiger partial charge in [0, 0.05) is 18.7 Å². The molecule has 4 rings (SSSR count). The van der Waals surface area contributed by atoms with Gasteiger partial charge in [-0.1, -0.05) is 49.4 Å². The van der Waals surface area contributed by atoms with Gasteiger partial charge in [0.2, 0.25) is 11.6 Å². The van der Waals surface area contributed by atoms with Crippen LogP contribution in [0.15, 0.2) is 66.5 Å². The predicted octanol–water partition coefficient (Wildman–Crippen LogP) is 3.39. The van der Waals surface area contributed by atoms with E-state index in [1.54, 1.807) is 12.3 Å². The zero-order valence-electron chi connectivity index (χ0n) is 15.7. The molecule has 1 amide bonds. The predicted molar refractivity (Wildman–Crippen MR) is 105 cm³/mol. The second-order valence-electron chi connectivity index (χ2n) is 7.47. The van der Waals surface area contributed by atoms with Gasteiger partial charge in [0.15, 0.2) is 5.78 Å². The zero-order valence-corrected chi connectivity index (χ0v) is 15.7. The lowest BCUT2D eigenvalue weighted by molar-refractivity contribution is -0.145. The van der Waals surface area contributed by atoms with E-state index < -0.39 is 5.41 Å². The number of nitrogens with zero attached hydrogens (tertiary/aromatic N) is 3. The average molecular weight is 371 g/mol. The van der Waals surface area contributed by atoms with Gasteiger partial charge in [-0.3, -0.25) is 9.78 Å². The zero-order chi connectivity index (χ0) is 19.7. The highest BCUT2D eigenvalue weighted by atomic mass is 16.2. The third-order valence-electron chi connectivity index (χ3n) is 6.02. The molecule has 1 aromatic carbocycles. The molecule has 5 nitrogen and oxygen atoms in total. The highest BCUT2D eigenvalue weighted by Gasteiger charge is 2.56. The Morgan fingerprint density at radius 3 is 2.61 bits per heavy atom. The van der Waals surface area contributed by atoms with Gasteiger partial charge in [-0.05, 0) is 30.0 Å². The molecule has 140 valence electrons. The number of pyridine rings is 1. The Hall–Kier alpha value is -3.26. The van der Waals surface area contributed by atoms with Crippen molar-refractivity contribution in [3.63, 3.8) is 0 Å². The minimum atomic E-state index is -0.985. The van der Waals surface area contributed by atoms with E-state index in [-0.39, 0.29) is 29.2 Å². The maximum absolute atomic E-state index is 13.8. The summed E-state index contributed by atoms with van der Waals surface area (Å²) in [6.07, 6.45) is 4.06. The molecular formula is C23H21N3O2. The van der Waals surface area contributed by atoms with Crippen LogP contribution < -0.4 is 0 Å². The molecule has 0 unspecified atom stereocenters. The van der Waals surface area contributed by atoms with Crippen molar-refractivity contribution < 1.29 is 9.59 Å². The van der Waals surface area contributed by atoms with Crippen LogP contribution in [0.2, 0.25) is 0 Å². The van der Waals surface area contributed by atoms with Crippen LogP contribution in [0.4, 0.5) is 0 Å². The lowest BCUT2D eigenvalue weighted by Crippen LogP contribution is -2.59. The number of benzene rings is 1. The van der Waals surface area contributed by atoms with Crippen LogP contribution in [-0.4, -0.2) is 28.1 Å². The second-order valence-corrected chi connectivity index (χ2v) is 7.47. The number of rotatable bonds is 3. The van der Waals surface area contributed by atoms with Crippen LogP contribution in [0, 0.1) is 18.4 Å². The van der Waals surface area contributed by atoms with Gasteiger partial charge in [-0.2, -0.15) is 0 Å². The Morgan fingerprint density at radius 2 is 1.93 bits per heavy atom. The topological polar surface area (TPSA) is 54.6 Å². The number of hydrogen-bond acceptors (Lipinski definition) is 3. The van der Waals surface area contributed by atoms with Crippen molar-refractivity contribution in [2.45, 2.75) is 25.3 Å². The summed E-state index contributed by atoms with van der Waals surface area (Å²) < 4.78 is 0. The van der Waals surface area contributed by atoms with Crippen molar-refractivity contribution in [2.75, 3.05) is 6.54 Å². The first kappa shape index (κ1) is 18.1. The molecule has 1 aliphatic carbocycles. The molecule has 1 fully saturated rings. The number of aromatic nitrogens is 1. The lowest BCUT2D eigenvalue weighted by Gasteiger charge is -2.50. The number of hydrogen-bond donors (Lipinski definition) is 0. The van der Waals surface area contributed by atoms with Crippen molar-refractivity contribution in [3.05, 3.63) is 89.2 Å². The van der Waals surface area contributed by atoms with E-state index in [0.717, 1.165) is 11.3 Å². The van der Waals surface area contributed by atoms with E-state index in [0.29, 0.717) is 19.5 Å². The quantitative estimate of drug-likeness (QED) is 0.777. The van der Waals surface area contributed by atoms with E-state index >= 15 is 0 Å². The number of fused-ring (bicyclic) bond motifs is 1. The first-order chi connectivity index (χ1) is 13.6. The molecule has 2 heterocycles. The minimum Gasteiger partial charge on any atom is -0.336 e. The summed E-state index contributed by atoms with van der Waals surface area (Å²) >= 11 is 0. The summed E-state index contributed by atoms with van der Waals surface area (Å²) in [5, 5.41) is 0. The molecule has 0 N–H and O–H groups in total. The summed E-state index contributed by atoms with van der Waals surface area (Å²) in [5.74, 6) is -0.728. The van der Waals surface area contributed by atoms with Crippen molar-refractivity contribution >= 4 is 11.7 Å². The minimum absolute atomic E-state index is 0.0545. The molecule has 28 heavy (non-hydrogen) atoms. The summed E-state index contributed by atoms with van der Waals surface area (Å²) in [4.78, 5) is 36.1. The van der Waals surface area contributed by atoms with Gasteiger partial charge in [-0.25, -0.2) is 4.85 Å². The fourth-order valence-electron chi connectivity index (χ4n) is 4.62. The molecule has 0 radical (unpaired) electrons. The van der Waals surface area contributed by atoms with Gasteiger partial charge < -0.3 is 9.69 Å². The summed E-state index contributed by atoms with van der Waals surface area (Å²) in [6.45, 7) is 10.3. The number of piperidine rings is 1. The van der Waals surface area contributed by atoms with Crippen LogP contribution in [0.5, 0.6) is 0 Å². The van der Waals surface area contributed by atoms with Gasteiger partial charge in [-0.15, -0.1) is 0 Å². The monoisotopic (exact) mass is 371 g/mol. The highest BCUT2D eigenvalue weighted by Crippen LogP contribution is 2.49. The van der Waals surface area contributed by atoms with Crippen molar-refractivity contribution in [1.29, 1.82) is 0 Å². The van der Waals surface area contributed by atoms with E-state index in [9.17, 15) is 9.59 Å². The van der Waals surface area contributed by atoms with Crippen molar-refractivity contribution in [2.24, 2.45) is 11.8 Å². The third-order valence-corrected chi connectivity index (χ3v) is 6.02. The Bertz CT molecular complexity index is 978. The lowest BCUT2D eigenvalue weighted by atomic mass is 9.58. The Kier molecular flexibility index (Phi) is 4.56. The van der Waals surface area contributed by atoms with E-state index in [4.69, 9.17) is 6.57 Å². The maximum Gasteiger partial charge on any atom is 0.236 e. The molecular weight excluding hydrogens is 350 g/mol. The normalized spacial score (nSPS) is 27.0. The fraction of sp³-hybridized carbons (Fsp3) is 0.304. The Balaban J connectivity index is 1.84. The number of likely N-dealkylation sites (tertiary alicyclic amines) is 1. The molecule has 0 saturated carbocycles. The summed E-state index contributed by atoms with van der Waals surface area (Å²) in [7, 11) is 0. The van der Waals surface area contributed by atoms with E-state index in [1.165, 1.54) is 0 Å². The fourth-order valence-corrected chi connectivity index (χ4v) is 4.62. The number of carbonyl (C=O) groups is 2. The SMILES string of the molecule is [C-]#[N+]C1=C[C@]2(c3ccccc3)C(=O)N(Cc3ccccn3)CC[C@H]2[C@H](C)C1=O. The largest absolute Gasteiger partial charge is 0.336 e. The van der Waals surface area contributed by atoms with Gasteiger partial charge in [0.05, 0.1) is 24.2 Å². The first-order valence-corrected chi connectivity index (χ1v) is 9.47. The van der Waals surface area contributed by atoms with Crippen molar-refractivity contribution in [1.82, 2.24) is 9.88 Å². The van der Waals surface area contributed by atoms with E-state index in [1.807, 2.05) is 60.4 Å².